The van der Waals surface area contributed by atoms with Crippen LogP contribution in [-0.4, -0.2) is 24.4 Å². The molecular formula is C15H23NO2. The number of para-hydroxylation sites is 1. The zero-order valence-corrected chi connectivity index (χ0v) is 11.2. The zero-order valence-electron chi connectivity index (χ0n) is 11.2. The number of hydrogen-bond donors (Lipinski definition) is 2. The van der Waals surface area contributed by atoms with E-state index >= 15 is 0 Å². The minimum atomic E-state index is -0.212. The Morgan fingerprint density at radius 1 is 1.28 bits per heavy atom. The minimum absolute atomic E-state index is 0.193. The van der Waals surface area contributed by atoms with Crippen LogP contribution in [0.5, 0.6) is 5.75 Å². The zero-order chi connectivity index (χ0) is 13.0. The van der Waals surface area contributed by atoms with Crippen LogP contribution < -0.4 is 10.1 Å². The van der Waals surface area contributed by atoms with E-state index in [9.17, 15) is 5.11 Å². The molecule has 2 rings (SSSR count). The third kappa shape index (κ3) is 3.03. The molecule has 1 aliphatic carbocycles. The predicted molar refractivity (Wildman–Crippen MR) is 72.8 cm³/mol. The van der Waals surface area contributed by atoms with Crippen molar-refractivity contribution in [1.82, 2.24) is 5.32 Å². The molecule has 0 aliphatic heterocycles. The van der Waals surface area contributed by atoms with Gasteiger partial charge in [0.05, 0.1) is 13.2 Å². The van der Waals surface area contributed by atoms with E-state index < -0.39 is 0 Å². The second-order valence-corrected chi connectivity index (χ2v) is 5.09. The second-order valence-electron chi connectivity index (χ2n) is 5.09. The van der Waals surface area contributed by atoms with Crippen LogP contribution in [-0.2, 0) is 0 Å². The summed E-state index contributed by atoms with van der Waals surface area (Å²) in [5, 5.41) is 13.5. The van der Waals surface area contributed by atoms with Crippen molar-refractivity contribution in [1.29, 1.82) is 0 Å². The molecule has 3 nitrogen and oxygen atoms in total. The molecule has 1 fully saturated rings. The van der Waals surface area contributed by atoms with Crippen molar-refractivity contribution >= 4 is 0 Å². The van der Waals surface area contributed by atoms with Gasteiger partial charge >= 0.3 is 0 Å². The molecule has 3 atom stereocenters. The lowest BCUT2D eigenvalue weighted by Crippen LogP contribution is -2.43. The first-order valence-corrected chi connectivity index (χ1v) is 6.79. The van der Waals surface area contributed by atoms with Gasteiger partial charge in [0.1, 0.15) is 5.75 Å². The van der Waals surface area contributed by atoms with Crippen LogP contribution in [0.1, 0.15) is 44.2 Å². The number of aliphatic hydroxyl groups is 1. The highest BCUT2D eigenvalue weighted by atomic mass is 16.5. The van der Waals surface area contributed by atoms with Crippen LogP contribution in [0.3, 0.4) is 0 Å². The molecule has 3 heteroatoms. The normalized spacial score (nSPS) is 25.7. The number of ether oxygens (including phenoxy) is 1. The van der Waals surface area contributed by atoms with Crippen molar-refractivity contribution in [3.8, 4) is 5.75 Å². The lowest BCUT2D eigenvalue weighted by Gasteiger charge is -2.31. The highest BCUT2D eigenvalue weighted by molar-refractivity contribution is 5.35. The number of nitrogens with one attached hydrogen (secondary N) is 1. The Morgan fingerprint density at radius 2 is 2.00 bits per heavy atom. The number of aliphatic hydroxyl groups excluding tert-OH is 1. The molecule has 0 spiro atoms. The standard InChI is InChI=1S/C15H23NO2/c1-11(12-7-3-6-10-15(12)18-2)16-13-8-4-5-9-14(13)17/h3,6-7,10-11,13-14,16-17H,4-5,8-9H2,1-2H3/t11-,13-,14-/m1/s1. The van der Waals surface area contributed by atoms with Crippen LogP contribution in [0.4, 0.5) is 0 Å². The molecule has 1 aromatic rings. The molecule has 1 aliphatic rings. The summed E-state index contributed by atoms with van der Waals surface area (Å²) in [5.41, 5.74) is 1.15. The molecule has 1 aromatic carbocycles. The Bertz CT molecular complexity index is 381. The Balaban J connectivity index is 2.04. The van der Waals surface area contributed by atoms with Crippen molar-refractivity contribution in [2.45, 2.75) is 50.8 Å². The van der Waals surface area contributed by atoms with Crippen molar-refractivity contribution in [3.05, 3.63) is 29.8 Å². The lowest BCUT2D eigenvalue weighted by atomic mass is 9.91. The molecular weight excluding hydrogens is 226 g/mol. The lowest BCUT2D eigenvalue weighted by molar-refractivity contribution is 0.0858. The van der Waals surface area contributed by atoms with E-state index in [2.05, 4.69) is 18.3 Å². The molecule has 0 heterocycles. The molecule has 0 unspecified atom stereocenters. The van der Waals surface area contributed by atoms with Gasteiger partial charge in [0.2, 0.25) is 0 Å². The van der Waals surface area contributed by atoms with Gasteiger partial charge in [0.15, 0.2) is 0 Å². The van der Waals surface area contributed by atoms with Crippen molar-refractivity contribution in [2.24, 2.45) is 0 Å². The minimum Gasteiger partial charge on any atom is -0.496 e. The average Bonchev–Trinajstić information content (AvgIpc) is 2.41. The molecule has 100 valence electrons. The summed E-state index contributed by atoms with van der Waals surface area (Å²) in [4.78, 5) is 0. The molecule has 0 amide bonds. The van der Waals surface area contributed by atoms with Gasteiger partial charge in [-0.2, -0.15) is 0 Å². The van der Waals surface area contributed by atoms with E-state index in [4.69, 9.17) is 4.74 Å². The molecule has 0 radical (unpaired) electrons. The van der Waals surface area contributed by atoms with Gasteiger partial charge in [-0.1, -0.05) is 31.0 Å². The maximum Gasteiger partial charge on any atom is 0.123 e. The second kappa shape index (κ2) is 6.21. The van der Waals surface area contributed by atoms with Gasteiger partial charge in [-0.3, -0.25) is 0 Å². The van der Waals surface area contributed by atoms with Crippen LogP contribution in [0.15, 0.2) is 24.3 Å². The molecule has 2 N–H and O–H groups in total. The quantitative estimate of drug-likeness (QED) is 0.862. The number of benzene rings is 1. The summed E-state index contributed by atoms with van der Waals surface area (Å²) in [5.74, 6) is 0.905. The summed E-state index contributed by atoms with van der Waals surface area (Å²) in [7, 11) is 1.70. The van der Waals surface area contributed by atoms with Gasteiger partial charge in [-0.05, 0) is 25.8 Å². The monoisotopic (exact) mass is 249 g/mol. The SMILES string of the molecule is COc1ccccc1[C@@H](C)N[C@@H]1CCCC[C@H]1O. The highest BCUT2D eigenvalue weighted by Gasteiger charge is 2.25. The van der Waals surface area contributed by atoms with Gasteiger partial charge in [0.25, 0.3) is 0 Å². The molecule has 0 bridgehead atoms. The van der Waals surface area contributed by atoms with E-state index in [-0.39, 0.29) is 18.2 Å². The third-order valence-electron chi connectivity index (χ3n) is 3.80. The molecule has 1 saturated carbocycles. The van der Waals surface area contributed by atoms with Gasteiger partial charge in [-0.25, -0.2) is 0 Å². The van der Waals surface area contributed by atoms with E-state index in [0.717, 1.165) is 30.6 Å². The summed E-state index contributed by atoms with van der Waals surface area (Å²) in [6, 6.07) is 8.45. The van der Waals surface area contributed by atoms with E-state index in [0.29, 0.717) is 0 Å². The van der Waals surface area contributed by atoms with Crippen LogP contribution in [0.25, 0.3) is 0 Å². The fourth-order valence-electron chi connectivity index (χ4n) is 2.74. The van der Waals surface area contributed by atoms with Crippen molar-refractivity contribution < 1.29 is 9.84 Å². The Hall–Kier alpha value is -1.06. The summed E-state index contributed by atoms with van der Waals surface area (Å²) in [6.07, 6.45) is 4.10. The van der Waals surface area contributed by atoms with Crippen molar-refractivity contribution in [3.63, 3.8) is 0 Å². The maximum absolute atomic E-state index is 10.00. The van der Waals surface area contributed by atoms with E-state index in [1.165, 1.54) is 6.42 Å². The van der Waals surface area contributed by atoms with Crippen LogP contribution >= 0.6 is 0 Å². The Labute approximate surface area is 109 Å². The Kier molecular flexibility index (Phi) is 4.61. The number of hydrogen-bond acceptors (Lipinski definition) is 3. The van der Waals surface area contributed by atoms with Gasteiger partial charge in [0, 0.05) is 17.6 Å². The highest BCUT2D eigenvalue weighted by Crippen LogP contribution is 2.27. The van der Waals surface area contributed by atoms with Crippen molar-refractivity contribution in [2.75, 3.05) is 7.11 Å². The van der Waals surface area contributed by atoms with Gasteiger partial charge < -0.3 is 15.2 Å². The first-order valence-electron chi connectivity index (χ1n) is 6.79. The van der Waals surface area contributed by atoms with Gasteiger partial charge in [-0.15, -0.1) is 0 Å². The fourth-order valence-corrected chi connectivity index (χ4v) is 2.74. The first kappa shape index (κ1) is 13.4. The third-order valence-corrected chi connectivity index (χ3v) is 3.80. The number of rotatable bonds is 4. The smallest absolute Gasteiger partial charge is 0.123 e. The summed E-state index contributed by atoms with van der Waals surface area (Å²) >= 11 is 0. The first-order chi connectivity index (χ1) is 8.72. The molecule has 0 saturated heterocycles. The summed E-state index contributed by atoms with van der Waals surface area (Å²) < 4.78 is 5.38. The maximum atomic E-state index is 10.00. The molecule has 18 heavy (non-hydrogen) atoms. The van der Waals surface area contributed by atoms with Crippen LogP contribution in [0.2, 0.25) is 0 Å². The predicted octanol–water partition coefficient (Wildman–Crippen LogP) is 2.65. The van der Waals surface area contributed by atoms with E-state index in [1.807, 2.05) is 18.2 Å². The molecule has 0 aromatic heterocycles. The average molecular weight is 249 g/mol. The van der Waals surface area contributed by atoms with Crippen LogP contribution in [0, 0.1) is 0 Å². The fraction of sp³-hybridized carbons (Fsp3) is 0.600. The topological polar surface area (TPSA) is 41.5 Å². The Morgan fingerprint density at radius 3 is 2.72 bits per heavy atom. The number of methoxy groups -OCH3 is 1. The van der Waals surface area contributed by atoms with E-state index in [1.54, 1.807) is 7.11 Å². The largest absolute Gasteiger partial charge is 0.496 e. The summed E-state index contributed by atoms with van der Waals surface area (Å²) in [6.45, 7) is 2.12.